The smallest absolute Gasteiger partial charge is 0.217 e. The highest BCUT2D eigenvalue weighted by atomic mass is 16.7. The van der Waals surface area contributed by atoms with E-state index in [-0.39, 0.29) is 5.91 Å². The molecule has 29 heavy (non-hydrogen) atoms. The van der Waals surface area contributed by atoms with Gasteiger partial charge in [0, 0.05) is 21.1 Å². The summed E-state index contributed by atoms with van der Waals surface area (Å²) < 4.78 is 19.8. The minimum Gasteiger partial charge on any atom is -0.394 e. The van der Waals surface area contributed by atoms with Gasteiger partial charge in [-0.2, -0.15) is 0 Å². The van der Waals surface area contributed by atoms with Gasteiger partial charge in [0.05, 0.1) is 13.2 Å². The van der Waals surface area contributed by atoms with Gasteiger partial charge in [-0.1, -0.05) is 0 Å². The SMILES string of the molecule is COC1OC(C(O)CO)C(O)C1O.COC1OC(CO)C(O)C(O)C1NC(C)=O. The third-order valence-electron chi connectivity index (χ3n) is 4.54. The highest BCUT2D eigenvalue weighted by molar-refractivity contribution is 5.73. The first-order valence-electron chi connectivity index (χ1n) is 8.88. The second kappa shape index (κ2) is 12.0. The summed E-state index contributed by atoms with van der Waals surface area (Å²) in [4.78, 5) is 10.9. The van der Waals surface area contributed by atoms with E-state index < -0.39 is 74.6 Å². The zero-order chi connectivity index (χ0) is 22.3. The summed E-state index contributed by atoms with van der Waals surface area (Å²) in [5.41, 5.74) is 0. The fourth-order valence-electron chi connectivity index (χ4n) is 2.96. The minimum atomic E-state index is -1.27. The average molecular weight is 429 g/mol. The Balaban J connectivity index is 0.000000296. The molecule has 0 aliphatic carbocycles. The van der Waals surface area contributed by atoms with Gasteiger partial charge in [0.25, 0.3) is 0 Å². The Morgan fingerprint density at radius 2 is 1.55 bits per heavy atom. The summed E-state index contributed by atoms with van der Waals surface area (Å²) in [5.74, 6) is -0.371. The minimum absolute atomic E-state index is 0.371. The van der Waals surface area contributed by atoms with Crippen molar-refractivity contribution in [3.63, 3.8) is 0 Å². The molecule has 0 aromatic heterocycles. The Hall–Kier alpha value is -0.970. The van der Waals surface area contributed by atoms with E-state index in [2.05, 4.69) is 5.32 Å². The van der Waals surface area contributed by atoms with Crippen LogP contribution in [0, 0.1) is 0 Å². The lowest BCUT2D eigenvalue weighted by Crippen LogP contribution is -2.64. The van der Waals surface area contributed by atoms with E-state index in [4.69, 9.17) is 34.3 Å². The van der Waals surface area contributed by atoms with Crippen molar-refractivity contribution >= 4 is 5.91 Å². The van der Waals surface area contributed by atoms with Crippen LogP contribution in [0.2, 0.25) is 0 Å². The molecule has 0 radical (unpaired) electrons. The van der Waals surface area contributed by atoms with Crippen LogP contribution in [-0.4, -0.2) is 130 Å². The molecule has 10 atom stereocenters. The van der Waals surface area contributed by atoms with Gasteiger partial charge < -0.3 is 60.0 Å². The number of nitrogens with one attached hydrogen (secondary N) is 1. The number of carbonyl (C=O) groups excluding carboxylic acids is 1. The number of amides is 1. The van der Waals surface area contributed by atoms with Crippen LogP contribution in [0.3, 0.4) is 0 Å². The van der Waals surface area contributed by atoms with Crippen LogP contribution in [0.15, 0.2) is 0 Å². The van der Waals surface area contributed by atoms with Crippen LogP contribution in [0.5, 0.6) is 0 Å². The number of rotatable bonds is 6. The molecule has 2 heterocycles. The fraction of sp³-hybridized carbons (Fsp3) is 0.938. The summed E-state index contributed by atoms with van der Waals surface area (Å²) in [6.45, 7) is 0.305. The molecule has 8 N–H and O–H groups in total. The molecule has 172 valence electrons. The molecule has 10 unspecified atom stereocenters. The average Bonchev–Trinajstić information content (AvgIpc) is 2.99. The molecule has 0 bridgehead atoms. The molecular formula is C16H31NO12. The number of aliphatic hydroxyl groups excluding tert-OH is 7. The Labute approximate surface area is 167 Å². The van der Waals surface area contributed by atoms with Crippen LogP contribution in [-0.2, 0) is 23.7 Å². The third kappa shape index (κ3) is 6.50. The zero-order valence-electron chi connectivity index (χ0n) is 16.4. The standard InChI is InChI=1S/C9H17NO6.C7H14O6/c1-4(12)10-6-8(14)7(13)5(3-11)16-9(6)15-2;1-12-7-5(11)4(10)6(13-7)3(9)2-8/h5-9,11,13-14H,3H2,1-2H3,(H,10,12);3-11H,2H2,1H3. The molecule has 13 heteroatoms. The van der Waals surface area contributed by atoms with Gasteiger partial charge in [-0.3, -0.25) is 4.79 Å². The van der Waals surface area contributed by atoms with Gasteiger partial charge in [-0.05, 0) is 0 Å². The molecular weight excluding hydrogens is 398 g/mol. The Bertz CT molecular complexity index is 495. The van der Waals surface area contributed by atoms with Crippen molar-refractivity contribution in [3.8, 4) is 0 Å². The molecule has 1 amide bonds. The number of methoxy groups -OCH3 is 2. The number of ether oxygens (including phenoxy) is 4. The van der Waals surface area contributed by atoms with E-state index in [1.165, 1.54) is 21.1 Å². The summed E-state index contributed by atoms with van der Waals surface area (Å²) in [5, 5.41) is 67.1. The Kier molecular flexibility index (Phi) is 10.8. The number of hydrogen-bond donors (Lipinski definition) is 8. The van der Waals surface area contributed by atoms with Crippen molar-refractivity contribution in [2.45, 2.75) is 68.3 Å². The maximum absolute atomic E-state index is 10.9. The molecule has 0 saturated carbocycles. The van der Waals surface area contributed by atoms with Gasteiger partial charge in [-0.25, -0.2) is 0 Å². The van der Waals surface area contributed by atoms with Crippen LogP contribution in [0.25, 0.3) is 0 Å². The molecule has 2 fully saturated rings. The van der Waals surface area contributed by atoms with Gasteiger partial charge >= 0.3 is 0 Å². The van der Waals surface area contributed by atoms with Crippen molar-refractivity contribution in [3.05, 3.63) is 0 Å². The maximum Gasteiger partial charge on any atom is 0.217 e. The first-order chi connectivity index (χ1) is 13.6. The molecule has 0 spiro atoms. The second-order valence-electron chi connectivity index (χ2n) is 6.60. The predicted molar refractivity (Wildman–Crippen MR) is 93.2 cm³/mol. The van der Waals surface area contributed by atoms with E-state index >= 15 is 0 Å². The van der Waals surface area contributed by atoms with Gasteiger partial charge in [0.15, 0.2) is 12.6 Å². The normalized spacial score (nSPS) is 40.7. The van der Waals surface area contributed by atoms with Crippen LogP contribution < -0.4 is 5.32 Å². The molecule has 0 aromatic carbocycles. The zero-order valence-corrected chi connectivity index (χ0v) is 16.4. The first kappa shape index (κ1) is 26.1. The number of hydrogen-bond acceptors (Lipinski definition) is 12. The molecule has 13 nitrogen and oxygen atoms in total. The Morgan fingerprint density at radius 1 is 0.966 bits per heavy atom. The fourth-order valence-corrected chi connectivity index (χ4v) is 2.96. The van der Waals surface area contributed by atoms with Crippen molar-refractivity contribution < 1.29 is 59.5 Å². The van der Waals surface area contributed by atoms with Gasteiger partial charge in [0.2, 0.25) is 5.91 Å². The summed E-state index contributed by atoms with van der Waals surface area (Å²) >= 11 is 0. The van der Waals surface area contributed by atoms with Crippen molar-refractivity contribution in [1.82, 2.24) is 5.32 Å². The number of carbonyl (C=O) groups is 1. The summed E-state index contributed by atoms with van der Waals surface area (Å²) in [6, 6.07) is -0.861. The molecule has 0 aromatic rings. The topological polar surface area (TPSA) is 208 Å². The van der Waals surface area contributed by atoms with E-state index in [1.807, 2.05) is 0 Å². The molecule has 2 saturated heterocycles. The van der Waals surface area contributed by atoms with Crippen LogP contribution >= 0.6 is 0 Å². The van der Waals surface area contributed by atoms with Gasteiger partial charge in [-0.15, -0.1) is 0 Å². The quantitative estimate of drug-likeness (QED) is 0.200. The molecule has 2 aliphatic rings. The van der Waals surface area contributed by atoms with Gasteiger partial charge in [0.1, 0.15) is 48.8 Å². The largest absolute Gasteiger partial charge is 0.394 e. The monoisotopic (exact) mass is 429 g/mol. The number of aliphatic hydroxyl groups is 7. The van der Waals surface area contributed by atoms with Crippen molar-refractivity contribution in [1.29, 1.82) is 0 Å². The van der Waals surface area contributed by atoms with E-state index in [9.17, 15) is 25.2 Å². The highest BCUT2D eigenvalue weighted by Gasteiger charge is 2.46. The highest BCUT2D eigenvalue weighted by Crippen LogP contribution is 2.24. The van der Waals surface area contributed by atoms with E-state index in [1.54, 1.807) is 0 Å². The third-order valence-corrected chi connectivity index (χ3v) is 4.54. The molecule has 2 aliphatic heterocycles. The maximum atomic E-state index is 10.9. The van der Waals surface area contributed by atoms with Crippen LogP contribution in [0.1, 0.15) is 6.92 Å². The summed E-state index contributed by atoms with van der Waals surface area (Å²) in [7, 11) is 2.66. The summed E-state index contributed by atoms with van der Waals surface area (Å²) in [6.07, 6.45) is -9.98. The lowest BCUT2D eigenvalue weighted by molar-refractivity contribution is -0.262. The lowest BCUT2D eigenvalue weighted by Gasteiger charge is -2.41. The lowest BCUT2D eigenvalue weighted by atomic mass is 9.97. The Morgan fingerprint density at radius 3 is 1.97 bits per heavy atom. The predicted octanol–water partition coefficient (Wildman–Crippen LogP) is -4.99. The van der Waals surface area contributed by atoms with E-state index in [0.29, 0.717) is 0 Å². The first-order valence-corrected chi connectivity index (χ1v) is 8.88. The van der Waals surface area contributed by atoms with Crippen LogP contribution in [0.4, 0.5) is 0 Å². The van der Waals surface area contributed by atoms with E-state index in [0.717, 1.165) is 0 Å². The molecule has 2 rings (SSSR count). The van der Waals surface area contributed by atoms with Crippen molar-refractivity contribution in [2.75, 3.05) is 27.4 Å². The van der Waals surface area contributed by atoms with Crippen molar-refractivity contribution in [2.24, 2.45) is 0 Å². The second-order valence-corrected chi connectivity index (χ2v) is 6.60.